The van der Waals surface area contributed by atoms with Gasteiger partial charge in [0, 0.05) is 23.6 Å². The number of ether oxygens (including phenoxy) is 1. The van der Waals surface area contributed by atoms with E-state index in [-0.39, 0.29) is 12.5 Å². The van der Waals surface area contributed by atoms with Crippen molar-refractivity contribution in [2.45, 2.75) is 12.8 Å². The molecule has 4 nitrogen and oxygen atoms in total. The SMILES string of the molecule is O=C(COc1cccc(F)c1)Nc1cccc(CCc2ccccn2)c1. The average Bonchev–Trinajstić information content (AvgIpc) is 2.66. The van der Waals surface area contributed by atoms with Gasteiger partial charge >= 0.3 is 0 Å². The number of pyridine rings is 1. The summed E-state index contributed by atoms with van der Waals surface area (Å²) in [5, 5.41) is 2.79. The van der Waals surface area contributed by atoms with Crippen molar-refractivity contribution in [2.24, 2.45) is 0 Å². The molecule has 0 aliphatic rings. The number of aryl methyl sites for hydroxylation is 2. The molecule has 0 aliphatic heterocycles. The Morgan fingerprint density at radius 1 is 1.00 bits per heavy atom. The fourth-order valence-corrected chi connectivity index (χ4v) is 2.53. The number of halogens is 1. The van der Waals surface area contributed by atoms with Gasteiger partial charge in [0.2, 0.25) is 0 Å². The highest BCUT2D eigenvalue weighted by molar-refractivity contribution is 5.91. The van der Waals surface area contributed by atoms with Crippen LogP contribution in [0.4, 0.5) is 10.1 Å². The van der Waals surface area contributed by atoms with Crippen LogP contribution in [0.15, 0.2) is 72.9 Å². The molecule has 0 saturated carbocycles. The molecule has 3 rings (SSSR count). The maximum atomic E-state index is 13.1. The Labute approximate surface area is 151 Å². The molecule has 0 unspecified atom stereocenters. The topological polar surface area (TPSA) is 51.2 Å². The van der Waals surface area contributed by atoms with Gasteiger partial charge in [-0.1, -0.05) is 24.3 Å². The van der Waals surface area contributed by atoms with Crippen molar-refractivity contribution in [1.29, 1.82) is 0 Å². The Balaban J connectivity index is 1.52. The first-order chi connectivity index (χ1) is 12.7. The van der Waals surface area contributed by atoms with Gasteiger partial charge < -0.3 is 10.1 Å². The van der Waals surface area contributed by atoms with Gasteiger partial charge in [0.1, 0.15) is 11.6 Å². The van der Waals surface area contributed by atoms with Crippen LogP contribution < -0.4 is 10.1 Å². The van der Waals surface area contributed by atoms with Crippen LogP contribution in [0.2, 0.25) is 0 Å². The summed E-state index contributed by atoms with van der Waals surface area (Å²) in [5.41, 5.74) is 2.85. The third-order valence-corrected chi connectivity index (χ3v) is 3.77. The minimum Gasteiger partial charge on any atom is -0.484 e. The molecule has 1 amide bonds. The monoisotopic (exact) mass is 350 g/mol. The van der Waals surface area contributed by atoms with Gasteiger partial charge in [-0.3, -0.25) is 9.78 Å². The molecule has 3 aromatic rings. The number of nitrogens with one attached hydrogen (secondary N) is 1. The van der Waals surface area contributed by atoms with Crippen LogP contribution in [0.5, 0.6) is 5.75 Å². The number of rotatable bonds is 7. The van der Waals surface area contributed by atoms with Crippen LogP contribution in [0, 0.1) is 5.82 Å². The average molecular weight is 350 g/mol. The molecule has 0 aliphatic carbocycles. The molecular weight excluding hydrogens is 331 g/mol. The molecule has 0 bridgehead atoms. The molecule has 1 heterocycles. The van der Waals surface area contributed by atoms with E-state index >= 15 is 0 Å². The van der Waals surface area contributed by atoms with Crippen molar-refractivity contribution in [2.75, 3.05) is 11.9 Å². The molecular formula is C21H19FN2O2. The van der Waals surface area contributed by atoms with Crippen LogP contribution in [-0.2, 0) is 17.6 Å². The zero-order valence-electron chi connectivity index (χ0n) is 14.2. The molecule has 0 radical (unpaired) electrons. The molecule has 1 N–H and O–H groups in total. The van der Waals surface area contributed by atoms with Crippen molar-refractivity contribution >= 4 is 11.6 Å². The number of hydrogen-bond acceptors (Lipinski definition) is 3. The minimum absolute atomic E-state index is 0.179. The Kier molecular flexibility index (Phi) is 5.93. The normalized spacial score (nSPS) is 10.3. The van der Waals surface area contributed by atoms with Crippen LogP contribution in [-0.4, -0.2) is 17.5 Å². The molecule has 0 saturated heterocycles. The summed E-state index contributed by atoms with van der Waals surface area (Å²) in [6, 6.07) is 19.2. The van der Waals surface area contributed by atoms with Crippen molar-refractivity contribution in [1.82, 2.24) is 4.98 Å². The highest BCUT2D eigenvalue weighted by Gasteiger charge is 2.05. The Morgan fingerprint density at radius 2 is 1.88 bits per heavy atom. The maximum absolute atomic E-state index is 13.1. The van der Waals surface area contributed by atoms with Crippen molar-refractivity contribution in [3.05, 3.63) is 90.0 Å². The Bertz CT molecular complexity index is 869. The second kappa shape index (κ2) is 8.76. The van der Waals surface area contributed by atoms with Gasteiger partial charge in [-0.05, 0) is 54.8 Å². The van der Waals surface area contributed by atoms with Gasteiger partial charge in [-0.25, -0.2) is 4.39 Å². The van der Waals surface area contributed by atoms with E-state index in [1.165, 1.54) is 18.2 Å². The molecule has 2 aromatic carbocycles. The number of carbonyl (C=O) groups excluding carboxylic acids is 1. The summed E-state index contributed by atoms with van der Waals surface area (Å²) in [5.74, 6) is -0.371. The van der Waals surface area contributed by atoms with Gasteiger partial charge in [0.15, 0.2) is 6.61 Å². The van der Waals surface area contributed by atoms with E-state index in [9.17, 15) is 9.18 Å². The molecule has 26 heavy (non-hydrogen) atoms. The van der Waals surface area contributed by atoms with E-state index < -0.39 is 5.82 Å². The lowest BCUT2D eigenvalue weighted by atomic mass is 10.1. The number of nitrogens with zero attached hydrogens (tertiary/aromatic N) is 1. The summed E-state index contributed by atoms with van der Waals surface area (Å²) >= 11 is 0. The van der Waals surface area contributed by atoms with Crippen molar-refractivity contribution < 1.29 is 13.9 Å². The summed E-state index contributed by atoms with van der Waals surface area (Å²) in [6.07, 6.45) is 3.45. The van der Waals surface area contributed by atoms with E-state index in [4.69, 9.17) is 4.74 Å². The summed E-state index contributed by atoms with van der Waals surface area (Å²) in [4.78, 5) is 16.3. The largest absolute Gasteiger partial charge is 0.484 e. The highest BCUT2D eigenvalue weighted by Crippen LogP contribution is 2.14. The van der Waals surface area contributed by atoms with Gasteiger partial charge in [-0.2, -0.15) is 0 Å². The molecule has 0 fully saturated rings. The summed E-state index contributed by atoms with van der Waals surface area (Å²) in [6.45, 7) is -0.179. The molecule has 5 heteroatoms. The third-order valence-electron chi connectivity index (χ3n) is 3.77. The van der Waals surface area contributed by atoms with E-state index in [1.54, 1.807) is 12.3 Å². The highest BCUT2D eigenvalue weighted by atomic mass is 19.1. The van der Waals surface area contributed by atoms with Gasteiger partial charge in [0.25, 0.3) is 5.91 Å². The van der Waals surface area contributed by atoms with Crippen molar-refractivity contribution in [3.63, 3.8) is 0 Å². The van der Waals surface area contributed by atoms with Crippen LogP contribution in [0.25, 0.3) is 0 Å². The zero-order chi connectivity index (χ0) is 18.2. The lowest BCUT2D eigenvalue weighted by Crippen LogP contribution is -2.20. The first kappa shape index (κ1) is 17.6. The predicted octanol–water partition coefficient (Wildman–Crippen LogP) is 4.02. The fraction of sp³-hybridized carbons (Fsp3) is 0.143. The van der Waals surface area contributed by atoms with Crippen molar-refractivity contribution in [3.8, 4) is 5.75 Å². The van der Waals surface area contributed by atoms with Gasteiger partial charge in [0.05, 0.1) is 0 Å². The number of amides is 1. The van der Waals surface area contributed by atoms with Crippen LogP contribution >= 0.6 is 0 Å². The lowest BCUT2D eigenvalue weighted by Gasteiger charge is -2.09. The second-order valence-electron chi connectivity index (χ2n) is 5.82. The fourth-order valence-electron chi connectivity index (χ4n) is 2.53. The molecule has 0 spiro atoms. The summed E-state index contributed by atoms with van der Waals surface area (Å²) in [7, 11) is 0. The summed E-state index contributed by atoms with van der Waals surface area (Å²) < 4.78 is 18.4. The van der Waals surface area contributed by atoms with Gasteiger partial charge in [-0.15, -0.1) is 0 Å². The lowest BCUT2D eigenvalue weighted by molar-refractivity contribution is -0.118. The number of aromatic nitrogens is 1. The quantitative estimate of drug-likeness (QED) is 0.700. The third kappa shape index (κ3) is 5.41. The number of anilines is 1. The first-order valence-electron chi connectivity index (χ1n) is 8.36. The standard InChI is InChI=1S/C21H19FN2O2/c22-17-6-4-9-20(14-17)26-15-21(25)24-19-8-3-5-16(13-19)10-11-18-7-1-2-12-23-18/h1-9,12-14H,10-11,15H2,(H,24,25). The zero-order valence-corrected chi connectivity index (χ0v) is 14.2. The smallest absolute Gasteiger partial charge is 0.262 e. The molecule has 132 valence electrons. The van der Waals surface area contributed by atoms with E-state index in [1.807, 2.05) is 42.5 Å². The van der Waals surface area contributed by atoms with E-state index in [2.05, 4.69) is 10.3 Å². The first-order valence-corrected chi connectivity index (χ1v) is 8.36. The minimum atomic E-state index is -0.400. The predicted molar refractivity (Wildman–Crippen MR) is 98.6 cm³/mol. The molecule has 0 atom stereocenters. The number of carbonyl (C=O) groups is 1. The molecule has 1 aromatic heterocycles. The maximum Gasteiger partial charge on any atom is 0.262 e. The van der Waals surface area contributed by atoms with Crippen LogP contribution in [0.3, 0.4) is 0 Å². The number of benzene rings is 2. The Morgan fingerprint density at radius 3 is 2.69 bits per heavy atom. The second-order valence-corrected chi connectivity index (χ2v) is 5.82. The Hall–Kier alpha value is -3.21. The number of hydrogen-bond donors (Lipinski definition) is 1. The van der Waals surface area contributed by atoms with E-state index in [0.29, 0.717) is 11.4 Å². The van der Waals surface area contributed by atoms with Crippen LogP contribution in [0.1, 0.15) is 11.3 Å². The van der Waals surface area contributed by atoms with E-state index in [0.717, 1.165) is 24.1 Å².